The molecule has 0 saturated carbocycles. The molecule has 0 saturated heterocycles. The number of ether oxygens (including phenoxy) is 1. The van der Waals surface area contributed by atoms with Gasteiger partial charge in [-0.15, -0.1) is 24.5 Å². The Hall–Kier alpha value is -2.79. The van der Waals surface area contributed by atoms with Gasteiger partial charge in [-0.3, -0.25) is 9.10 Å². The summed E-state index contributed by atoms with van der Waals surface area (Å²) in [6, 6.07) is 12.2. The molecule has 0 aliphatic carbocycles. The maximum atomic E-state index is 13.0. The van der Waals surface area contributed by atoms with Crippen molar-refractivity contribution in [3.05, 3.63) is 59.7 Å². The Morgan fingerprint density at radius 1 is 1.13 bits per heavy atom. The molecule has 0 bridgehead atoms. The van der Waals surface area contributed by atoms with Crippen LogP contribution >= 0.6 is 11.3 Å². The Bertz CT molecular complexity index is 1190. The SMILES string of the molecule is Cc1c(N(Cc2ccc(OC(F)(F)F)cc2)S(=O)(=O)CCC(=O)O)sc2ccccc12. The molecule has 0 amide bonds. The lowest BCUT2D eigenvalue weighted by atomic mass is 10.2. The number of carboxylic acid groups (broad SMARTS) is 1. The van der Waals surface area contributed by atoms with Crippen molar-refractivity contribution in [2.75, 3.05) is 10.1 Å². The molecule has 0 radical (unpaired) electrons. The van der Waals surface area contributed by atoms with Gasteiger partial charge in [0, 0.05) is 4.70 Å². The molecule has 6 nitrogen and oxygen atoms in total. The fourth-order valence-corrected chi connectivity index (χ4v) is 5.94. The zero-order chi connectivity index (χ0) is 22.8. The molecule has 0 aliphatic heterocycles. The van der Waals surface area contributed by atoms with Crippen molar-refractivity contribution in [3.63, 3.8) is 0 Å². The molecule has 1 heterocycles. The third-order valence-electron chi connectivity index (χ3n) is 4.44. The number of carboxylic acids is 1. The van der Waals surface area contributed by atoms with Crippen LogP contribution in [0, 0.1) is 6.92 Å². The molecule has 2 aromatic carbocycles. The molecular weight excluding hydrogens is 455 g/mol. The van der Waals surface area contributed by atoms with Crippen LogP contribution in [0.2, 0.25) is 0 Å². The minimum Gasteiger partial charge on any atom is -0.481 e. The summed E-state index contributed by atoms with van der Waals surface area (Å²) in [5, 5.41) is 10.2. The summed E-state index contributed by atoms with van der Waals surface area (Å²) in [6.45, 7) is 1.61. The van der Waals surface area contributed by atoms with Gasteiger partial charge in [0.05, 0.1) is 18.7 Å². The van der Waals surface area contributed by atoms with E-state index >= 15 is 0 Å². The minimum atomic E-state index is -4.83. The molecular formula is C20H18F3NO5S2. The largest absolute Gasteiger partial charge is 0.573 e. The van der Waals surface area contributed by atoms with Crippen LogP contribution in [0.3, 0.4) is 0 Å². The van der Waals surface area contributed by atoms with Gasteiger partial charge in [0.15, 0.2) is 0 Å². The summed E-state index contributed by atoms with van der Waals surface area (Å²) in [5.74, 6) is -2.27. The number of anilines is 1. The van der Waals surface area contributed by atoms with Crippen molar-refractivity contribution in [3.8, 4) is 5.75 Å². The highest BCUT2D eigenvalue weighted by atomic mass is 32.2. The van der Waals surface area contributed by atoms with Gasteiger partial charge in [0.2, 0.25) is 10.0 Å². The number of carbonyl (C=O) groups is 1. The number of rotatable bonds is 8. The van der Waals surface area contributed by atoms with E-state index in [1.54, 1.807) is 6.92 Å². The number of aliphatic carboxylic acids is 1. The van der Waals surface area contributed by atoms with E-state index in [4.69, 9.17) is 5.11 Å². The van der Waals surface area contributed by atoms with Crippen LogP contribution in [0.5, 0.6) is 5.75 Å². The van der Waals surface area contributed by atoms with E-state index in [9.17, 15) is 26.4 Å². The first-order valence-corrected chi connectivity index (χ1v) is 11.4. The molecule has 0 fully saturated rings. The summed E-state index contributed by atoms with van der Waals surface area (Å²) < 4.78 is 69.0. The van der Waals surface area contributed by atoms with Crippen LogP contribution in [-0.4, -0.2) is 31.6 Å². The van der Waals surface area contributed by atoms with E-state index in [-0.39, 0.29) is 6.54 Å². The van der Waals surface area contributed by atoms with Crippen molar-refractivity contribution in [2.24, 2.45) is 0 Å². The first-order valence-electron chi connectivity index (χ1n) is 9.01. The van der Waals surface area contributed by atoms with Gasteiger partial charge in [-0.25, -0.2) is 8.42 Å². The van der Waals surface area contributed by atoms with Gasteiger partial charge in [-0.05, 0) is 41.6 Å². The molecule has 1 N–H and O–H groups in total. The lowest BCUT2D eigenvalue weighted by Crippen LogP contribution is -2.33. The molecule has 0 aliphatic rings. The molecule has 31 heavy (non-hydrogen) atoms. The molecule has 1 aromatic heterocycles. The quantitative estimate of drug-likeness (QED) is 0.502. The molecule has 166 valence electrons. The highest BCUT2D eigenvalue weighted by Gasteiger charge is 2.31. The number of sulfonamides is 1. The van der Waals surface area contributed by atoms with E-state index < -0.39 is 40.3 Å². The first-order chi connectivity index (χ1) is 14.5. The second kappa shape index (κ2) is 8.75. The zero-order valence-corrected chi connectivity index (χ0v) is 17.9. The van der Waals surface area contributed by atoms with Crippen molar-refractivity contribution in [2.45, 2.75) is 26.3 Å². The van der Waals surface area contributed by atoms with Crippen LogP contribution in [-0.2, 0) is 21.4 Å². The van der Waals surface area contributed by atoms with E-state index in [0.717, 1.165) is 32.1 Å². The van der Waals surface area contributed by atoms with Gasteiger partial charge in [0.1, 0.15) is 10.8 Å². The normalized spacial score (nSPS) is 12.1. The van der Waals surface area contributed by atoms with E-state index in [2.05, 4.69) is 4.74 Å². The number of hydrogen-bond acceptors (Lipinski definition) is 5. The Morgan fingerprint density at radius 3 is 2.35 bits per heavy atom. The molecule has 3 aromatic rings. The van der Waals surface area contributed by atoms with Crippen molar-refractivity contribution < 1.29 is 36.2 Å². The topological polar surface area (TPSA) is 83.9 Å². The summed E-state index contributed by atoms with van der Waals surface area (Å²) in [4.78, 5) is 10.9. The van der Waals surface area contributed by atoms with E-state index in [0.29, 0.717) is 10.6 Å². The van der Waals surface area contributed by atoms with Crippen LogP contribution < -0.4 is 9.04 Å². The van der Waals surface area contributed by atoms with Crippen molar-refractivity contribution in [1.82, 2.24) is 0 Å². The van der Waals surface area contributed by atoms with Gasteiger partial charge in [-0.1, -0.05) is 30.3 Å². The number of alkyl halides is 3. The van der Waals surface area contributed by atoms with E-state index in [1.165, 1.54) is 23.5 Å². The second-order valence-corrected chi connectivity index (χ2v) is 9.73. The number of thiophene rings is 1. The summed E-state index contributed by atoms with van der Waals surface area (Å²) >= 11 is 1.25. The summed E-state index contributed by atoms with van der Waals surface area (Å²) in [7, 11) is -4.03. The van der Waals surface area contributed by atoms with Crippen LogP contribution in [0.25, 0.3) is 10.1 Å². The highest BCUT2D eigenvalue weighted by molar-refractivity contribution is 7.93. The lowest BCUT2D eigenvalue weighted by Gasteiger charge is -2.24. The number of aryl methyl sites for hydroxylation is 1. The summed E-state index contributed by atoms with van der Waals surface area (Å²) in [5.41, 5.74) is 1.14. The Kier molecular flexibility index (Phi) is 6.46. The average molecular weight is 473 g/mol. The Morgan fingerprint density at radius 2 is 1.77 bits per heavy atom. The smallest absolute Gasteiger partial charge is 0.481 e. The van der Waals surface area contributed by atoms with Gasteiger partial charge in [0.25, 0.3) is 0 Å². The summed E-state index contributed by atoms with van der Waals surface area (Å²) in [6.07, 6.45) is -5.40. The molecule has 0 unspecified atom stereocenters. The van der Waals surface area contributed by atoms with Crippen molar-refractivity contribution >= 4 is 42.4 Å². The fourth-order valence-electron chi connectivity index (χ4n) is 2.98. The molecule has 11 heteroatoms. The van der Waals surface area contributed by atoms with Gasteiger partial charge in [-0.2, -0.15) is 0 Å². The van der Waals surface area contributed by atoms with E-state index in [1.807, 2.05) is 24.3 Å². The molecule has 3 rings (SSSR count). The monoisotopic (exact) mass is 473 g/mol. The fraction of sp³-hybridized carbons (Fsp3) is 0.250. The third-order valence-corrected chi connectivity index (χ3v) is 7.55. The van der Waals surface area contributed by atoms with Gasteiger partial charge >= 0.3 is 12.3 Å². The second-order valence-electron chi connectivity index (χ2n) is 6.69. The molecule has 0 spiro atoms. The maximum Gasteiger partial charge on any atom is 0.573 e. The third kappa shape index (κ3) is 5.67. The maximum absolute atomic E-state index is 13.0. The minimum absolute atomic E-state index is 0.165. The first kappa shape index (κ1) is 22.9. The van der Waals surface area contributed by atoms with Crippen molar-refractivity contribution in [1.29, 1.82) is 0 Å². The van der Waals surface area contributed by atoms with Crippen LogP contribution in [0.15, 0.2) is 48.5 Å². The van der Waals surface area contributed by atoms with Gasteiger partial charge < -0.3 is 9.84 Å². The zero-order valence-electron chi connectivity index (χ0n) is 16.2. The average Bonchev–Trinajstić information content (AvgIpc) is 3.01. The highest BCUT2D eigenvalue weighted by Crippen LogP contribution is 2.39. The standard InChI is InChI=1S/C20H18F3NO5S2/c1-13-16-4-2-3-5-17(16)30-19(13)24(31(27,28)11-10-18(25)26)12-14-6-8-15(9-7-14)29-20(21,22)23/h2-9H,10-12H2,1H3,(H,25,26). The number of fused-ring (bicyclic) bond motifs is 1. The predicted octanol–water partition coefficient (Wildman–Crippen LogP) is 4.92. The lowest BCUT2D eigenvalue weighted by molar-refractivity contribution is -0.274. The number of halogens is 3. The van der Waals surface area contributed by atoms with Crippen LogP contribution in [0.4, 0.5) is 18.2 Å². The predicted molar refractivity (Wildman–Crippen MR) is 112 cm³/mol. The number of hydrogen-bond donors (Lipinski definition) is 1. The molecule has 0 atom stereocenters. The number of nitrogens with zero attached hydrogens (tertiary/aromatic N) is 1. The number of benzene rings is 2. The Balaban J connectivity index is 1.98. The van der Waals surface area contributed by atoms with Crippen LogP contribution in [0.1, 0.15) is 17.5 Å². The Labute approximate surface area is 180 Å².